The van der Waals surface area contributed by atoms with Gasteiger partial charge in [0.15, 0.2) is 10.2 Å². The molecule has 0 aliphatic rings. The van der Waals surface area contributed by atoms with E-state index in [1.807, 2.05) is 24.3 Å². The van der Waals surface area contributed by atoms with Crippen molar-refractivity contribution in [2.75, 3.05) is 39.6 Å². The summed E-state index contributed by atoms with van der Waals surface area (Å²) in [6.45, 7) is 1.93. The van der Waals surface area contributed by atoms with Gasteiger partial charge >= 0.3 is 0 Å². The molecule has 0 amide bonds. The molecule has 0 aliphatic heterocycles. The van der Waals surface area contributed by atoms with Gasteiger partial charge in [0.2, 0.25) is 0 Å². The van der Waals surface area contributed by atoms with Crippen LogP contribution in [0.1, 0.15) is 6.42 Å². The van der Waals surface area contributed by atoms with Gasteiger partial charge in [-0.25, -0.2) is 0 Å². The first-order valence-electron chi connectivity index (χ1n) is 7.05. The summed E-state index contributed by atoms with van der Waals surface area (Å²) in [5, 5.41) is 7.11. The number of methoxy groups -OCH3 is 1. The van der Waals surface area contributed by atoms with Gasteiger partial charge in [0.1, 0.15) is 5.75 Å². The first-order chi connectivity index (χ1) is 10.5. The number of anilines is 1. The third-order valence-corrected chi connectivity index (χ3v) is 3.23. The highest BCUT2D eigenvalue weighted by Crippen LogP contribution is 2.14. The molecular weight excluding hydrogens is 318 g/mol. The molecule has 6 nitrogen and oxygen atoms in total. The third kappa shape index (κ3) is 7.96. The fourth-order valence-electron chi connectivity index (χ4n) is 1.64. The zero-order valence-electron chi connectivity index (χ0n) is 13.2. The second-order valence-corrected chi connectivity index (χ2v) is 5.82. The Morgan fingerprint density at radius 2 is 1.73 bits per heavy atom. The van der Waals surface area contributed by atoms with Crippen LogP contribution in [0.4, 0.5) is 5.69 Å². The topological polar surface area (TPSA) is 61.8 Å². The van der Waals surface area contributed by atoms with Crippen LogP contribution in [-0.2, 0) is 0 Å². The second-order valence-electron chi connectivity index (χ2n) is 5.00. The Morgan fingerprint density at radius 1 is 1.09 bits per heavy atom. The first-order valence-corrected chi connectivity index (χ1v) is 7.87. The molecule has 8 heteroatoms. The summed E-state index contributed by atoms with van der Waals surface area (Å²) in [4.78, 5) is 1.42. The molecule has 0 saturated heterocycles. The van der Waals surface area contributed by atoms with E-state index in [1.165, 1.54) is 4.90 Å². The van der Waals surface area contributed by atoms with Crippen molar-refractivity contribution in [2.45, 2.75) is 6.42 Å². The number of hydrazine groups is 1. The van der Waals surface area contributed by atoms with E-state index in [4.69, 9.17) is 29.2 Å². The molecule has 0 radical (unpaired) electrons. The predicted molar refractivity (Wildman–Crippen MR) is 98.4 cm³/mol. The first kappa shape index (κ1) is 18.4. The van der Waals surface area contributed by atoms with E-state index in [2.05, 4.69) is 35.6 Å². The molecule has 0 saturated carbocycles. The number of hydrogen-bond acceptors (Lipinski definition) is 3. The lowest BCUT2D eigenvalue weighted by atomic mass is 10.3. The second kappa shape index (κ2) is 10.1. The maximum absolute atomic E-state index is 5.18. The minimum Gasteiger partial charge on any atom is -0.497 e. The standard InChI is InChI=1S/C14H23N5OS2/c1-19(2)10-4-9-15-13(21)17-18-14(22)16-11-5-7-12(20-3)8-6-11/h5-8H,4,9-10H2,1-3H3,(H2,15,17,21)(H2,16,18,22)/p+1. The van der Waals surface area contributed by atoms with Gasteiger partial charge in [-0.05, 0) is 48.7 Å². The summed E-state index contributed by atoms with van der Waals surface area (Å²) in [6, 6.07) is 7.48. The summed E-state index contributed by atoms with van der Waals surface area (Å²) >= 11 is 10.3. The highest BCUT2D eigenvalue weighted by atomic mass is 32.1. The number of ether oxygens (including phenoxy) is 1. The third-order valence-electron chi connectivity index (χ3n) is 2.78. The minimum absolute atomic E-state index is 0.437. The lowest BCUT2D eigenvalue weighted by molar-refractivity contribution is -0.858. The van der Waals surface area contributed by atoms with Gasteiger partial charge in [0.05, 0.1) is 27.7 Å². The molecule has 0 bridgehead atoms. The van der Waals surface area contributed by atoms with Crippen LogP contribution in [0.2, 0.25) is 0 Å². The van der Waals surface area contributed by atoms with Crippen molar-refractivity contribution in [3.63, 3.8) is 0 Å². The zero-order valence-corrected chi connectivity index (χ0v) is 14.8. The van der Waals surface area contributed by atoms with E-state index in [-0.39, 0.29) is 0 Å². The van der Waals surface area contributed by atoms with Crippen LogP contribution in [-0.4, -0.2) is 44.5 Å². The fourth-order valence-corrected chi connectivity index (χ4v) is 1.96. The van der Waals surface area contributed by atoms with Crippen LogP contribution < -0.4 is 31.1 Å². The van der Waals surface area contributed by atoms with E-state index in [1.54, 1.807) is 7.11 Å². The molecule has 0 atom stereocenters. The van der Waals surface area contributed by atoms with Gasteiger partial charge in [0, 0.05) is 18.7 Å². The molecule has 0 unspecified atom stereocenters. The lowest BCUT2D eigenvalue weighted by Crippen LogP contribution is -3.05. The van der Waals surface area contributed by atoms with Crippen molar-refractivity contribution >= 4 is 40.3 Å². The molecular formula is C14H24N5OS2+. The van der Waals surface area contributed by atoms with Gasteiger partial charge in [-0.3, -0.25) is 10.9 Å². The van der Waals surface area contributed by atoms with E-state index in [9.17, 15) is 0 Å². The molecule has 5 N–H and O–H groups in total. The zero-order chi connectivity index (χ0) is 16.4. The Balaban J connectivity index is 2.20. The Bertz CT molecular complexity index is 479. The van der Waals surface area contributed by atoms with Crippen molar-refractivity contribution in [2.24, 2.45) is 0 Å². The molecule has 0 fully saturated rings. The lowest BCUT2D eigenvalue weighted by Gasteiger charge is -2.14. The van der Waals surface area contributed by atoms with Crippen LogP contribution in [0.15, 0.2) is 24.3 Å². The summed E-state index contributed by atoms with van der Waals surface area (Å²) in [5.74, 6) is 0.799. The van der Waals surface area contributed by atoms with E-state index in [0.717, 1.165) is 30.9 Å². The van der Waals surface area contributed by atoms with E-state index < -0.39 is 0 Å². The number of thiocarbonyl (C=S) groups is 2. The fraction of sp³-hybridized carbons (Fsp3) is 0.429. The van der Waals surface area contributed by atoms with Gasteiger partial charge in [-0.1, -0.05) is 0 Å². The van der Waals surface area contributed by atoms with Gasteiger partial charge in [-0.2, -0.15) is 0 Å². The summed E-state index contributed by atoms with van der Waals surface area (Å²) in [6.07, 6.45) is 1.05. The van der Waals surface area contributed by atoms with E-state index >= 15 is 0 Å². The summed E-state index contributed by atoms with van der Waals surface area (Å²) in [7, 11) is 5.88. The van der Waals surface area contributed by atoms with Crippen molar-refractivity contribution in [3.05, 3.63) is 24.3 Å². The highest BCUT2D eigenvalue weighted by Gasteiger charge is 2.00. The van der Waals surface area contributed by atoms with Crippen molar-refractivity contribution in [3.8, 4) is 5.75 Å². The minimum atomic E-state index is 0.437. The molecule has 0 spiro atoms. The van der Waals surface area contributed by atoms with E-state index in [0.29, 0.717) is 10.2 Å². The maximum Gasteiger partial charge on any atom is 0.189 e. The Kier molecular flexibility index (Phi) is 8.49. The monoisotopic (exact) mass is 342 g/mol. The van der Waals surface area contributed by atoms with Crippen LogP contribution in [0.5, 0.6) is 5.75 Å². The average Bonchev–Trinajstić information content (AvgIpc) is 2.50. The van der Waals surface area contributed by atoms with Crippen molar-refractivity contribution < 1.29 is 9.64 Å². The van der Waals surface area contributed by atoms with Crippen LogP contribution >= 0.6 is 24.4 Å². The maximum atomic E-state index is 5.18. The number of nitrogens with one attached hydrogen (secondary N) is 5. The molecule has 22 heavy (non-hydrogen) atoms. The number of benzene rings is 1. The number of hydrogen-bond donors (Lipinski definition) is 5. The van der Waals surface area contributed by atoms with Crippen LogP contribution in [0, 0.1) is 0 Å². The SMILES string of the molecule is COc1ccc(NC(=S)NNC(=S)NCCC[NH+](C)C)cc1. The summed E-state index contributed by atoms with van der Waals surface area (Å²) in [5.41, 5.74) is 6.56. The molecule has 0 heterocycles. The normalized spacial score (nSPS) is 10.0. The predicted octanol–water partition coefficient (Wildman–Crippen LogP) is -0.105. The molecule has 122 valence electrons. The number of quaternary nitrogens is 1. The van der Waals surface area contributed by atoms with Crippen LogP contribution in [0.3, 0.4) is 0 Å². The molecule has 1 rings (SSSR count). The largest absolute Gasteiger partial charge is 0.497 e. The van der Waals surface area contributed by atoms with Gasteiger partial charge in [0.25, 0.3) is 0 Å². The number of rotatable bonds is 6. The molecule has 0 aromatic heterocycles. The molecule has 1 aromatic carbocycles. The summed E-state index contributed by atoms with van der Waals surface area (Å²) < 4.78 is 5.10. The molecule has 1 aromatic rings. The smallest absolute Gasteiger partial charge is 0.189 e. The van der Waals surface area contributed by atoms with Crippen molar-refractivity contribution in [1.82, 2.24) is 16.2 Å². The quantitative estimate of drug-likeness (QED) is 0.281. The van der Waals surface area contributed by atoms with Gasteiger partial charge < -0.3 is 20.3 Å². The van der Waals surface area contributed by atoms with Crippen LogP contribution in [0.25, 0.3) is 0 Å². The molecule has 0 aliphatic carbocycles. The Labute approximate surface area is 142 Å². The average molecular weight is 343 g/mol. The Morgan fingerprint density at radius 3 is 2.32 bits per heavy atom. The van der Waals surface area contributed by atoms with Crippen molar-refractivity contribution in [1.29, 1.82) is 0 Å². The van der Waals surface area contributed by atoms with Gasteiger partial charge in [-0.15, -0.1) is 0 Å². The highest BCUT2D eigenvalue weighted by molar-refractivity contribution is 7.80. The Hall–Kier alpha value is -1.64.